The van der Waals surface area contributed by atoms with Crippen LogP contribution in [0.25, 0.3) is 21.8 Å². The molecule has 154 valence electrons. The number of pyridine rings is 1. The molecule has 1 unspecified atom stereocenters. The van der Waals surface area contributed by atoms with E-state index < -0.39 is 5.60 Å². The molecule has 1 saturated carbocycles. The van der Waals surface area contributed by atoms with Crippen molar-refractivity contribution in [3.05, 3.63) is 72.1 Å². The number of hydrogen-bond acceptors (Lipinski definition) is 3. The molecule has 0 radical (unpaired) electrons. The first kappa shape index (κ1) is 19.3. The van der Waals surface area contributed by atoms with Crippen molar-refractivity contribution < 1.29 is 5.11 Å². The van der Waals surface area contributed by atoms with Crippen molar-refractivity contribution in [1.29, 1.82) is 0 Å². The topological polar surface area (TPSA) is 50.9 Å². The molecule has 2 aromatic carbocycles. The molecule has 0 aliphatic heterocycles. The van der Waals surface area contributed by atoms with Gasteiger partial charge in [0.2, 0.25) is 0 Å². The van der Waals surface area contributed by atoms with E-state index >= 15 is 0 Å². The molecule has 4 nitrogen and oxygen atoms in total. The van der Waals surface area contributed by atoms with Gasteiger partial charge in [0.15, 0.2) is 0 Å². The van der Waals surface area contributed by atoms with E-state index in [0.717, 1.165) is 32.9 Å². The van der Waals surface area contributed by atoms with Gasteiger partial charge in [-0.15, -0.1) is 0 Å². The van der Waals surface area contributed by atoms with E-state index in [1.165, 1.54) is 32.1 Å². The molecule has 1 N–H and O–H groups in total. The van der Waals surface area contributed by atoms with E-state index in [1.54, 1.807) is 6.20 Å². The van der Waals surface area contributed by atoms with Gasteiger partial charge in [-0.3, -0.25) is 9.67 Å². The predicted molar refractivity (Wildman–Crippen MR) is 121 cm³/mol. The van der Waals surface area contributed by atoms with E-state index in [1.807, 2.05) is 36.5 Å². The van der Waals surface area contributed by atoms with Crippen LogP contribution >= 0.6 is 0 Å². The lowest BCUT2D eigenvalue weighted by molar-refractivity contribution is 0.0333. The van der Waals surface area contributed by atoms with Gasteiger partial charge in [-0.2, -0.15) is 5.10 Å². The smallest absolute Gasteiger partial charge is 0.118 e. The van der Waals surface area contributed by atoms with Crippen LogP contribution < -0.4 is 0 Å². The van der Waals surface area contributed by atoms with E-state index in [2.05, 4.69) is 41.7 Å². The maximum atomic E-state index is 12.1. The number of rotatable bonds is 4. The van der Waals surface area contributed by atoms with Crippen molar-refractivity contribution in [2.45, 2.75) is 57.6 Å². The molecule has 1 atom stereocenters. The second-order valence-electron chi connectivity index (χ2n) is 8.95. The molecule has 0 spiro atoms. The second kappa shape index (κ2) is 7.51. The number of para-hydroxylation sites is 1. The number of aromatic nitrogens is 3. The lowest BCUT2D eigenvalue weighted by atomic mass is 9.76. The Morgan fingerprint density at radius 3 is 2.63 bits per heavy atom. The summed E-state index contributed by atoms with van der Waals surface area (Å²) in [6.07, 6.45) is 10.1. The minimum Gasteiger partial charge on any atom is -0.380 e. The van der Waals surface area contributed by atoms with Gasteiger partial charge < -0.3 is 5.11 Å². The van der Waals surface area contributed by atoms with Crippen LogP contribution in [0.15, 0.2) is 60.9 Å². The molecule has 1 fully saturated rings. The van der Waals surface area contributed by atoms with E-state index in [-0.39, 0.29) is 5.92 Å². The Balaban J connectivity index is 1.64. The van der Waals surface area contributed by atoms with Crippen LogP contribution in [0.2, 0.25) is 0 Å². The van der Waals surface area contributed by atoms with Gasteiger partial charge >= 0.3 is 0 Å². The number of nitrogens with zero attached hydrogens (tertiary/aromatic N) is 3. The zero-order valence-corrected chi connectivity index (χ0v) is 17.8. The number of fused-ring (bicyclic) bond motifs is 2. The molecule has 2 aromatic heterocycles. The van der Waals surface area contributed by atoms with Gasteiger partial charge in [-0.05, 0) is 54.2 Å². The Labute approximate surface area is 177 Å². The first-order chi connectivity index (χ1) is 14.6. The zero-order valence-electron chi connectivity index (χ0n) is 17.8. The molecule has 0 bridgehead atoms. The molecule has 0 saturated heterocycles. The molecule has 0 amide bonds. The highest BCUT2D eigenvalue weighted by Crippen LogP contribution is 2.41. The van der Waals surface area contributed by atoms with Crippen molar-refractivity contribution in [3.8, 4) is 0 Å². The summed E-state index contributed by atoms with van der Waals surface area (Å²) in [4.78, 5) is 4.49. The van der Waals surface area contributed by atoms with Gasteiger partial charge in [-0.25, -0.2) is 0 Å². The number of aliphatic hydroxyl groups is 1. The zero-order chi connectivity index (χ0) is 20.7. The van der Waals surface area contributed by atoms with Crippen LogP contribution in [0, 0.1) is 5.92 Å². The predicted octanol–water partition coefficient (Wildman–Crippen LogP) is 5.98. The minimum atomic E-state index is -1.11. The average molecular weight is 400 g/mol. The van der Waals surface area contributed by atoms with E-state index in [4.69, 9.17) is 5.10 Å². The van der Waals surface area contributed by atoms with Crippen molar-refractivity contribution >= 4 is 21.8 Å². The summed E-state index contributed by atoms with van der Waals surface area (Å²) in [6.45, 7) is 4.15. The van der Waals surface area contributed by atoms with E-state index in [0.29, 0.717) is 6.04 Å². The second-order valence-corrected chi connectivity index (χ2v) is 8.95. The van der Waals surface area contributed by atoms with Gasteiger partial charge in [-0.1, -0.05) is 57.4 Å². The van der Waals surface area contributed by atoms with Gasteiger partial charge in [0, 0.05) is 17.0 Å². The van der Waals surface area contributed by atoms with Gasteiger partial charge in [0.05, 0.1) is 23.3 Å². The number of benzene rings is 2. The summed E-state index contributed by atoms with van der Waals surface area (Å²) in [5, 5.41) is 18.9. The van der Waals surface area contributed by atoms with Crippen LogP contribution in [-0.2, 0) is 5.60 Å². The quantitative estimate of drug-likeness (QED) is 0.459. The van der Waals surface area contributed by atoms with Crippen molar-refractivity contribution in [3.63, 3.8) is 0 Å². The normalized spacial score (nSPS) is 17.6. The first-order valence-corrected chi connectivity index (χ1v) is 11.1. The summed E-state index contributed by atoms with van der Waals surface area (Å²) in [6, 6.07) is 16.8. The largest absolute Gasteiger partial charge is 0.380 e. The highest BCUT2D eigenvalue weighted by Gasteiger charge is 2.37. The molecular weight excluding hydrogens is 370 g/mol. The summed E-state index contributed by atoms with van der Waals surface area (Å²) in [7, 11) is 0. The maximum absolute atomic E-state index is 12.1. The van der Waals surface area contributed by atoms with E-state index in [9.17, 15) is 5.11 Å². The van der Waals surface area contributed by atoms with Crippen molar-refractivity contribution in [2.75, 3.05) is 0 Å². The minimum absolute atomic E-state index is 0.00542. The fraction of sp³-hybridized carbons (Fsp3) is 0.385. The van der Waals surface area contributed by atoms with Gasteiger partial charge in [0.1, 0.15) is 5.60 Å². The maximum Gasteiger partial charge on any atom is 0.118 e. The van der Waals surface area contributed by atoms with Crippen LogP contribution in [0.4, 0.5) is 0 Å². The van der Waals surface area contributed by atoms with Crippen LogP contribution in [0.1, 0.15) is 63.1 Å². The highest BCUT2D eigenvalue weighted by atomic mass is 16.3. The SMILES string of the molecule is CC(C)C(O)(c1ccc2c(cnn2C2CCCCC2)c1)c1ccnc2ccccc12. The van der Waals surface area contributed by atoms with Crippen LogP contribution in [0.5, 0.6) is 0 Å². The molecule has 1 aliphatic rings. The number of hydrogen-bond donors (Lipinski definition) is 1. The summed E-state index contributed by atoms with van der Waals surface area (Å²) in [5.74, 6) is -0.00542. The third-order valence-electron chi connectivity index (χ3n) is 6.85. The lowest BCUT2D eigenvalue weighted by Crippen LogP contribution is -2.33. The Morgan fingerprint density at radius 1 is 1.03 bits per heavy atom. The van der Waals surface area contributed by atoms with Crippen molar-refractivity contribution in [1.82, 2.24) is 14.8 Å². The first-order valence-electron chi connectivity index (χ1n) is 11.1. The molecule has 1 aliphatic carbocycles. The highest BCUT2D eigenvalue weighted by molar-refractivity contribution is 5.84. The third-order valence-corrected chi connectivity index (χ3v) is 6.85. The molecular formula is C26H29N3O. The van der Waals surface area contributed by atoms with Gasteiger partial charge in [0.25, 0.3) is 0 Å². The standard InChI is InChI=1S/C26H29N3O/c1-18(2)26(30,23-14-15-27-24-11-7-6-10-22(23)24)20-12-13-25-19(16-20)17-28-29(25)21-8-4-3-5-9-21/h6-7,10-18,21,30H,3-5,8-9H2,1-2H3. The lowest BCUT2D eigenvalue weighted by Gasteiger charge is -2.34. The Bertz CT molecular complexity index is 1180. The average Bonchev–Trinajstić information content (AvgIpc) is 3.22. The van der Waals surface area contributed by atoms with Crippen LogP contribution in [0.3, 0.4) is 0 Å². The Kier molecular flexibility index (Phi) is 4.82. The fourth-order valence-electron chi connectivity index (χ4n) is 5.13. The van der Waals surface area contributed by atoms with Crippen molar-refractivity contribution in [2.24, 2.45) is 5.92 Å². The molecule has 2 heterocycles. The summed E-state index contributed by atoms with van der Waals surface area (Å²) < 4.78 is 2.20. The monoisotopic (exact) mass is 399 g/mol. The molecule has 4 heteroatoms. The molecule has 4 aromatic rings. The fourth-order valence-corrected chi connectivity index (χ4v) is 5.13. The summed E-state index contributed by atoms with van der Waals surface area (Å²) >= 11 is 0. The third kappa shape index (κ3) is 3.02. The Morgan fingerprint density at radius 2 is 1.83 bits per heavy atom. The Hall–Kier alpha value is -2.72. The summed E-state index contributed by atoms with van der Waals surface area (Å²) in [5.41, 5.74) is 2.77. The van der Waals surface area contributed by atoms with Crippen LogP contribution in [-0.4, -0.2) is 19.9 Å². The molecule has 5 rings (SSSR count). The molecule has 30 heavy (non-hydrogen) atoms.